The minimum absolute atomic E-state index is 0.346. The molecule has 2 heterocycles. The topological polar surface area (TPSA) is 56.5 Å². The van der Waals surface area contributed by atoms with E-state index in [1.807, 2.05) is 6.92 Å². The van der Waals surface area contributed by atoms with Gasteiger partial charge in [-0.1, -0.05) is 0 Å². The molecule has 0 saturated heterocycles. The van der Waals surface area contributed by atoms with Crippen molar-refractivity contribution in [2.75, 3.05) is 6.61 Å². The molecule has 16 heavy (non-hydrogen) atoms. The van der Waals surface area contributed by atoms with E-state index in [1.165, 1.54) is 6.20 Å². The van der Waals surface area contributed by atoms with Crippen LogP contribution in [-0.2, 0) is 4.74 Å². The highest BCUT2D eigenvalue weighted by atomic mass is 79.9. The summed E-state index contributed by atoms with van der Waals surface area (Å²) in [5.41, 5.74) is 2.06. The largest absolute Gasteiger partial charge is 0.462 e. The van der Waals surface area contributed by atoms with Crippen molar-refractivity contribution in [1.29, 1.82) is 0 Å². The van der Waals surface area contributed by atoms with Gasteiger partial charge in [-0.2, -0.15) is 5.10 Å². The lowest BCUT2D eigenvalue weighted by molar-refractivity contribution is 0.0525. The van der Waals surface area contributed by atoms with Crippen LogP contribution >= 0.6 is 15.9 Å². The van der Waals surface area contributed by atoms with Crippen molar-refractivity contribution in [3.8, 4) is 0 Å². The molecule has 5 nitrogen and oxygen atoms in total. The number of aromatic nitrogens is 3. The molecule has 0 aliphatic carbocycles. The third-order valence-electron chi connectivity index (χ3n) is 2.16. The Balaban J connectivity index is 2.48. The van der Waals surface area contributed by atoms with Crippen molar-refractivity contribution in [1.82, 2.24) is 14.6 Å². The lowest BCUT2D eigenvalue weighted by Gasteiger charge is -2.01. The maximum absolute atomic E-state index is 11.5. The van der Waals surface area contributed by atoms with Crippen molar-refractivity contribution in [3.63, 3.8) is 0 Å². The number of rotatable bonds is 2. The fourth-order valence-corrected chi connectivity index (χ4v) is 1.69. The van der Waals surface area contributed by atoms with Crippen LogP contribution in [0.3, 0.4) is 0 Å². The van der Waals surface area contributed by atoms with E-state index in [-0.39, 0.29) is 5.97 Å². The molecule has 0 bridgehead atoms. The minimum Gasteiger partial charge on any atom is -0.462 e. The van der Waals surface area contributed by atoms with Crippen LogP contribution in [0.5, 0.6) is 0 Å². The van der Waals surface area contributed by atoms with Gasteiger partial charge in [-0.3, -0.25) is 0 Å². The lowest BCUT2D eigenvalue weighted by atomic mass is 10.3. The number of esters is 1. The van der Waals surface area contributed by atoms with Gasteiger partial charge in [0, 0.05) is 18.0 Å². The van der Waals surface area contributed by atoms with E-state index in [0.717, 1.165) is 15.8 Å². The molecular weight excluding hydrogens is 274 g/mol. The second-order valence-corrected chi connectivity index (χ2v) is 4.00. The average molecular weight is 284 g/mol. The van der Waals surface area contributed by atoms with Crippen LogP contribution in [0.4, 0.5) is 0 Å². The summed E-state index contributed by atoms with van der Waals surface area (Å²) in [6.07, 6.45) is 3.10. The number of carbonyl (C=O) groups excluding carboxylic acids is 1. The number of hydrogen-bond donors (Lipinski definition) is 0. The summed E-state index contributed by atoms with van der Waals surface area (Å²) >= 11 is 3.31. The summed E-state index contributed by atoms with van der Waals surface area (Å²) in [4.78, 5) is 15.6. The molecule has 6 heteroatoms. The van der Waals surface area contributed by atoms with E-state index in [9.17, 15) is 4.79 Å². The van der Waals surface area contributed by atoms with E-state index in [1.54, 1.807) is 17.6 Å². The number of aryl methyl sites for hydroxylation is 1. The zero-order chi connectivity index (χ0) is 11.7. The fourth-order valence-electron chi connectivity index (χ4n) is 1.34. The Bertz CT molecular complexity index is 550. The number of halogens is 1. The van der Waals surface area contributed by atoms with Crippen LogP contribution in [0, 0.1) is 6.92 Å². The molecule has 0 aliphatic heterocycles. The first-order valence-electron chi connectivity index (χ1n) is 4.81. The molecule has 0 atom stereocenters. The highest BCUT2D eigenvalue weighted by Crippen LogP contribution is 2.18. The summed E-state index contributed by atoms with van der Waals surface area (Å²) in [5.74, 6) is -0.388. The zero-order valence-electron chi connectivity index (χ0n) is 8.90. The monoisotopic (exact) mass is 283 g/mol. The summed E-state index contributed by atoms with van der Waals surface area (Å²) in [7, 11) is 0. The quantitative estimate of drug-likeness (QED) is 0.791. The standard InChI is InChI=1S/C10H10BrN3O2/c1-3-16-10(15)7-4-12-9-6(2)8(11)13-14(9)5-7/h4-5H,3H2,1-2H3. The Hall–Kier alpha value is -1.43. The summed E-state index contributed by atoms with van der Waals surface area (Å²) in [6, 6.07) is 0. The van der Waals surface area contributed by atoms with Gasteiger partial charge in [-0.25, -0.2) is 14.3 Å². The van der Waals surface area contributed by atoms with Crippen molar-refractivity contribution >= 4 is 27.5 Å². The minimum atomic E-state index is -0.388. The number of carbonyl (C=O) groups is 1. The van der Waals surface area contributed by atoms with Crippen molar-refractivity contribution in [3.05, 3.63) is 28.1 Å². The molecule has 0 saturated carbocycles. The van der Waals surface area contributed by atoms with Gasteiger partial charge in [0.1, 0.15) is 4.60 Å². The maximum atomic E-state index is 11.5. The molecule has 0 amide bonds. The first kappa shape index (κ1) is 11.1. The zero-order valence-corrected chi connectivity index (χ0v) is 10.5. The second kappa shape index (κ2) is 4.21. The highest BCUT2D eigenvalue weighted by molar-refractivity contribution is 9.10. The van der Waals surface area contributed by atoms with Crippen LogP contribution in [0.25, 0.3) is 5.65 Å². The molecule has 0 aromatic carbocycles. The van der Waals surface area contributed by atoms with E-state index in [2.05, 4.69) is 26.0 Å². The lowest BCUT2D eigenvalue weighted by Crippen LogP contribution is -2.07. The first-order chi connectivity index (χ1) is 7.63. The molecule has 0 radical (unpaired) electrons. The van der Waals surface area contributed by atoms with Gasteiger partial charge in [-0.05, 0) is 29.8 Å². The summed E-state index contributed by atoms with van der Waals surface area (Å²) < 4.78 is 7.17. The van der Waals surface area contributed by atoms with Crippen LogP contribution in [0.1, 0.15) is 22.8 Å². The van der Waals surface area contributed by atoms with E-state index < -0.39 is 0 Å². The van der Waals surface area contributed by atoms with E-state index >= 15 is 0 Å². The highest BCUT2D eigenvalue weighted by Gasteiger charge is 2.11. The molecule has 0 fully saturated rings. The van der Waals surface area contributed by atoms with Gasteiger partial charge in [0.25, 0.3) is 0 Å². The second-order valence-electron chi connectivity index (χ2n) is 3.25. The molecule has 0 unspecified atom stereocenters. The van der Waals surface area contributed by atoms with Gasteiger partial charge in [-0.15, -0.1) is 0 Å². The molecule has 84 valence electrons. The molecule has 2 rings (SSSR count). The van der Waals surface area contributed by atoms with Crippen LogP contribution in [-0.4, -0.2) is 27.2 Å². The summed E-state index contributed by atoms with van der Waals surface area (Å²) in [5, 5.41) is 4.18. The predicted molar refractivity (Wildman–Crippen MR) is 61.4 cm³/mol. The molecule has 0 spiro atoms. The number of hydrogen-bond acceptors (Lipinski definition) is 4. The van der Waals surface area contributed by atoms with Crippen molar-refractivity contribution < 1.29 is 9.53 Å². The van der Waals surface area contributed by atoms with Crippen LogP contribution in [0.15, 0.2) is 17.0 Å². The number of fused-ring (bicyclic) bond motifs is 1. The Morgan fingerprint density at radius 3 is 3.06 bits per heavy atom. The third-order valence-corrected chi connectivity index (χ3v) is 2.91. The normalized spacial score (nSPS) is 10.7. The average Bonchev–Trinajstić information content (AvgIpc) is 2.55. The smallest absolute Gasteiger partial charge is 0.341 e. The van der Waals surface area contributed by atoms with E-state index in [4.69, 9.17) is 4.74 Å². The van der Waals surface area contributed by atoms with Gasteiger partial charge >= 0.3 is 5.97 Å². The maximum Gasteiger partial charge on any atom is 0.341 e. The Morgan fingerprint density at radius 2 is 2.38 bits per heavy atom. The summed E-state index contributed by atoms with van der Waals surface area (Å²) in [6.45, 7) is 4.01. The van der Waals surface area contributed by atoms with Crippen molar-refractivity contribution in [2.45, 2.75) is 13.8 Å². The van der Waals surface area contributed by atoms with Gasteiger partial charge in [0.2, 0.25) is 0 Å². The Labute approximate surface area is 101 Å². The predicted octanol–water partition coefficient (Wildman–Crippen LogP) is 1.98. The third kappa shape index (κ3) is 1.80. The Kier molecular flexibility index (Phi) is 2.91. The molecule has 0 aliphatic rings. The van der Waals surface area contributed by atoms with Gasteiger partial charge < -0.3 is 4.74 Å². The van der Waals surface area contributed by atoms with E-state index in [0.29, 0.717) is 12.2 Å². The first-order valence-corrected chi connectivity index (χ1v) is 5.60. The molecular formula is C10H10BrN3O2. The number of ether oxygens (including phenoxy) is 1. The SMILES string of the molecule is CCOC(=O)c1cnc2c(C)c(Br)nn2c1. The Morgan fingerprint density at radius 1 is 1.62 bits per heavy atom. The molecule has 2 aromatic heterocycles. The van der Waals surface area contributed by atoms with Crippen LogP contribution < -0.4 is 0 Å². The number of nitrogens with zero attached hydrogens (tertiary/aromatic N) is 3. The van der Waals surface area contributed by atoms with Gasteiger partial charge in [0.05, 0.1) is 12.2 Å². The van der Waals surface area contributed by atoms with Gasteiger partial charge in [0.15, 0.2) is 5.65 Å². The molecule has 2 aromatic rings. The molecule has 0 N–H and O–H groups in total. The fraction of sp³-hybridized carbons (Fsp3) is 0.300. The van der Waals surface area contributed by atoms with Crippen molar-refractivity contribution in [2.24, 2.45) is 0 Å². The van der Waals surface area contributed by atoms with Crippen LogP contribution in [0.2, 0.25) is 0 Å².